The molecule has 1 aromatic carbocycles. The van der Waals surface area contributed by atoms with Gasteiger partial charge in [-0.1, -0.05) is 35.2 Å². The van der Waals surface area contributed by atoms with Crippen molar-refractivity contribution in [2.45, 2.75) is 11.2 Å². The van der Waals surface area contributed by atoms with Crippen molar-refractivity contribution in [2.75, 3.05) is 12.3 Å². The van der Waals surface area contributed by atoms with Crippen LogP contribution in [0.5, 0.6) is 0 Å². The second kappa shape index (κ2) is 7.32. The van der Waals surface area contributed by atoms with E-state index < -0.39 is 11.7 Å². The van der Waals surface area contributed by atoms with E-state index >= 15 is 0 Å². The Hall–Kier alpha value is -2.29. The Labute approximate surface area is 134 Å². The molecule has 0 spiro atoms. The largest absolute Gasteiger partial charge is 0.418 e. The third-order valence-electron chi connectivity index (χ3n) is 2.75. The third kappa shape index (κ3) is 4.35. The normalized spacial score (nSPS) is 11.3. The van der Waals surface area contributed by atoms with E-state index in [0.717, 1.165) is 22.5 Å². The van der Waals surface area contributed by atoms with E-state index in [-0.39, 0.29) is 17.3 Å². The standard InChI is InChI=1S/C14H13F3N4OS/c1-2-7-18-12(22)9-23-13-8-19-20-21(13)11-6-4-3-5-10(11)14(15,16)17/h2-6,8H,1,7,9H2,(H,18,22). The molecule has 1 amide bonds. The zero-order valence-electron chi connectivity index (χ0n) is 11.9. The molecule has 1 heterocycles. The molecule has 0 aliphatic heterocycles. The van der Waals surface area contributed by atoms with Gasteiger partial charge >= 0.3 is 6.18 Å². The van der Waals surface area contributed by atoms with Crippen LogP contribution in [0.25, 0.3) is 5.69 Å². The highest BCUT2D eigenvalue weighted by Gasteiger charge is 2.34. The van der Waals surface area contributed by atoms with Crippen LogP contribution in [0, 0.1) is 0 Å². The summed E-state index contributed by atoms with van der Waals surface area (Å²) in [6, 6.07) is 5.07. The number of hydrogen-bond donors (Lipinski definition) is 1. The molecule has 0 unspecified atom stereocenters. The number of nitrogens with one attached hydrogen (secondary N) is 1. The maximum atomic E-state index is 13.1. The first-order chi connectivity index (χ1) is 10.9. The lowest BCUT2D eigenvalue weighted by atomic mass is 10.2. The average Bonchev–Trinajstić information content (AvgIpc) is 2.98. The third-order valence-corrected chi connectivity index (χ3v) is 3.73. The number of amides is 1. The second-order valence-corrected chi connectivity index (χ2v) is 5.38. The minimum Gasteiger partial charge on any atom is -0.352 e. The van der Waals surface area contributed by atoms with Gasteiger partial charge in [-0.15, -0.1) is 11.7 Å². The molecular formula is C14H13F3N4OS. The molecular weight excluding hydrogens is 329 g/mol. The number of carbonyl (C=O) groups excluding carboxylic acids is 1. The number of thioether (sulfide) groups is 1. The average molecular weight is 342 g/mol. The van der Waals surface area contributed by atoms with Gasteiger partial charge in [-0.3, -0.25) is 4.79 Å². The highest BCUT2D eigenvalue weighted by atomic mass is 32.2. The van der Waals surface area contributed by atoms with Gasteiger partial charge in [0.05, 0.1) is 23.2 Å². The van der Waals surface area contributed by atoms with E-state index in [1.165, 1.54) is 30.5 Å². The lowest BCUT2D eigenvalue weighted by Crippen LogP contribution is -2.25. The zero-order valence-corrected chi connectivity index (χ0v) is 12.7. The van der Waals surface area contributed by atoms with Gasteiger partial charge in [-0.05, 0) is 12.1 Å². The number of hydrogen-bond acceptors (Lipinski definition) is 4. The van der Waals surface area contributed by atoms with Crippen LogP contribution in [-0.4, -0.2) is 33.2 Å². The van der Waals surface area contributed by atoms with Gasteiger partial charge < -0.3 is 5.32 Å². The number of nitrogens with zero attached hydrogens (tertiary/aromatic N) is 3. The van der Waals surface area contributed by atoms with Crippen LogP contribution in [-0.2, 0) is 11.0 Å². The highest BCUT2D eigenvalue weighted by Crippen LogP contribution is 2.34. The van der Waals surface area contributed by atoms with E-state index in [0.29, 0.717) is 11.6 Å². The van der Waals surface area contributed by atoms with Crippen molar-refractivity contribution in [2.24, 2.45) is 0 Å². The van der Waals surface area contributed by atoms with Crippen LogP contribution in [0.2, 0.25) is 0 Å². The summed E-state index contributed by atoms with van der Waals surface area (Å²) in [5.74, 6) is -0.221. The first kappa shape index (κ1) is 17.1. The molecule has 1 N–H and O–H groups in total. The summed E-state index contributed by atoms with van der Waals surface area (Å²) < 4.78 is 40.3. The maximum Gasteiger partial charge on any atom is 0.418 e. The molecule has 0 fully saturated rings. The first-order valence-corrected chi connectivity index (χ1v) is 7.49. The Morgan fingerprint density at radius 1 is 1.39 bits per heavy atom. The Kier molecular flexibility index (Phi) is 5.43. The maximum absolute atomic E-state index is 13.1. The van der Waals surface area contributed by atoms with E-state index in [1.807, 2.05) is 0 Å². The molecule has 0 saturated heterocycles. The number of halogens is 3. The summed E-state index contributed by atoms with van der Waals surface area (Å²) in [5.41, 5.74) is -0.949. The van der Waals surface area contributed by atoms with Gasteiger partial charge in [-0.2, -0.15) is 13.2 Å². The molecule has 23 heavy (non-hydrogen) atoms. The molecule has 0 aliphatic carbocycles. The second-order valence-electron chi connectivity index (χ2n) is 4.38. The van der Waals surface area contributed by atoms with Crippen LogP contribution >= 0.6 is 11.8 Å². The fourth-order valence-electron chi connectivity index (χ4n) is 1.77. The van der Waals surface area contributed by atoms with Gasteiger partial charge in [0.15, 0.2) is 0 Å². The Morgan fingerprint density at radius 2 is 2.13 bits per heavy atom. The molecule has 0 radical (unpaired) electrons. The van der Waals surface area contributed by atoms with Crippen molar-refractivity contribution in [1.82, 2.24) is 20.3 Å². The fourth-order valence-corrected chi connectivity index (χ4v) is 2.53. The minimum absolute atomic E-state index is 0.0371. The van der Waals surface area contributed by atoms with Crippen molar-refractivity contribution in [3.8, 4) is 5.69 Å². The van der Waals surface area contributed by atoms with Crippen molar-refractivity contribution in [1.29, 1.82) is 0 Å². The summed E-state index contributed by atoms with van der Waals surface area (Å²) in [5, 5.41) is 10.3. The Bertz CT molecular complexity index is 699. The van der Waals surface area contributed by atoms with Crippen molar-refractivity contribution >= 4 is 17.7 Å². The van der Waals surface area contributed by atoms with Crippen molar-refractivity contribution < 1.29 is 18.0 Å². The molecule has 0 bridgehead atoms. The first-order valence-electron chi connectivity index (χ1n) is 6.51. The van der Waals surface area contributed by atoms with Crippen LogP contribution < -0.4 is 5.32 Å². The molecule has 2 rings (SSSR count). The summed E-state index contributed by atoms with van der Waals surface area (Å²) >= 11 is 1.05. The lowest BCUT2D eigenvalue weighted by Gasteiger charge is -2.13. The van der Waals surface area contributed by atoms with Crippen LogP contribution in [0.15, 0.2) is 48.1 Å². The van der Waals surface area contributed by atoms with Crippen LogP contribution in [0.1, 0.15) is 5.56 Å². The summed E-state index contributed by atoms with van der Waals surface area (Å²) in [7, 11) is 0. The van der Waals surface area contributed by atoms with Crippen LogP contribution in [0.3, 0.4) is 0 Å². The molecule has 1 aromatic heterocycles. The summed E-state index contributed by atoms with van der Waals surface area (Å²) in [6.07, 6.45) is -1.65. The number of rotatable bonds is 6. The molecule has 122 valence electrons. The predicted molar refractivity (Wildman–Crippen MR) is 80.3 cm³/mol. The molecule has 0 saturated carbocycles. The Balaban J connectivity index is 2.22. The quantitative estimate of drug-likeness (QED) is 0.648. The molecule has 0 aliphatic rings. The minimum atomic E-state index is -4.51. The van der Waals surface area contributed by atoms with Gasteiger partial charge in [0, 0.05) is 6.54 Å². The number of aromatic nitrogens is 3. The fraction of sp³-hybridized carbons (Fsp3) is 0.214. The van der Waals surface area contributed by atoms with Crippen molar-refractivity contribution in [3.63, 3.8) is 0 Å². The number of alkyl halides is 3. The Morgan fingerprint density at radius 3 is 2.83 bits per heavy atom. The summed E-state index contributed by atoms with van der Waals surface area (Å²) in [6.45, 7) is 3.80. The predicted octanol–water partition coefficient (Wildman–Crippen LogP) is 2.68. The van der Waals surface area contributed by atoms with Gasteiger partial charge in [0.1, 0.15) is 5.03 Å². The molecule has 0 atom stereocenters. The van der Waals surface area contributed by atoms with Gasteiger partial charge in [-0.25, -0.2) is 4.68 Å². The molecule has 5 nitrogen and oxygen atoms in total. The van der Waals surface area contributed by atoms with Gasteiger partial charge in [0.2, 0.25) is 5.91 Å². The smallest absolute Gasteiger partial charge is 0.352 e. The SMILES string of the molecule is C=CCNC(=O)CSc1cnnn1-c1ccccc1C(F)(F)F. The van der Waals surface area contributed by atoms with E-state index in [9.17, 15) is 18.0 Å². The number of carbonyl (C=O) groups is 1. The zero-order chi connectivity index (χ0) is 16.9. The topological polar surface area (TPSA) is 59.8 Å². The number of benzene rings is 1. The molecule has 2 aromatic rings. The van der Waals surface area contributed by atoms with E-state index in [1.54, 1.807) is 0 Å². The van der Waals surface area contributed by atoms with Crippen molar-refractivity contribution in [3.05, 3.63) is 48.7 Å². The highest BCUT2D eigenvalue weighted by molar-refractivity contribution is 7.99. The van der Waals surface area contributed by atoms with E-state index in [4.69, 9.17) is 0 Å². The van der Waals surface area contributed by atoms with Crippen LogP contribution in [0.4, 0.5) is 13.2 Å². The summed E-state index contributed by atoms with van der Waals surface area (Å²) in [4.78, 5) is 11.6. The molecule has 9 heteroatoms. The van der Waals surface area contributed by atoms with Gasteiger partial charge in [0.25, 0.3) is 0 Å². The monoisotopic (exact) mass is 342 g/mol. The lowest BCUT2D eigenvalue weighted by molar-refractivity contribution is -0.137. The van der Waals surface area contributed by atoms with E-state index in [2.05, 4.69) is 22.2 Å². The number of para-hydroxylation sites is 1.